The van der Waals surface area contributed by atoms with Crippen LogP contribution < -0.4 is 0 Å². The van der Waals surface area contributed by atoms with Crippen molar-refractivity contribution < 1.29 is 9.53 Å². The van der Waals surface area contributed by atoms with Crippen LogP contribution in [0, 0.1) is 11.8 Å². The molecule has 0 heterocycles. The summed E-state index contributed by atoms with van der Waals surface area (Å²) in [4.78, 5) is 13.5. The van der Waals surface area contributed by atoms with Crippen molar-refractivity contribution in [1.29, 1.82) is 0 Å². The van der Waals surface area contributed by atoms with E-state index in [9.17, 15) is 4.79 Å². The van der Waals surface area contributed by atoms with Gasteiger partial charge in [-0.1, -0.05) is 121 Å². The fraction of sp³-hybridized carbons (Fsp3) is 0.194. The molecule has 4 aromatic carbocycles. The summed E-state index contributed by atoms with van der Waals surface area (Å²) in [7, 11) is 0. The van der Waals surface area contributed by atoms with E-state index in [1.165, 1.54) is 11.1 Å². The highest BCUT2D eigenvalue weighted by atomic mass is 16.5. The maximum absolute atomic E-state index is 13.5. The molecule has 2 nitrogen and oxygen atoms in total. The lowest BCUT2D eigenvalue weighted by Gasteiger charge is -2.26. The summed E-state index contributed by atoms with van der Waals surface area (Å²) in [5.74, 6) is -0.241. The monoisotopic (exact) mass is 434 g/mol. The van der Waals surface area contributed by atoms with Gasteiger partial charge in [0.05, 0.1) is 5.92 Å². The molecule has 0 bridgehead atoms. The summed E-state index contributed by atoms with van der Waals surface area (Å²) in [6.07, 6.45) is 2.32. The third kappa shape index (κ3) is 6.92. The molecule has 166 valence electrons. The topological polar surface area (TPSA) is 26.3 Å². The van der Waals surface area contributed by atoms with Crippen LogP contribution in [0.3, 0.4) is 0 Å². The predicted molar refractivity (Wildman–Crippen MR) is 134 cm³/mol. The highest BCUT2D eigenvalue weighted by Gasteiger charge is 2.30. The van der Waals surface area contributed by atoms with Crippen LogP contribution in [0.25, 0.3) is 0 Å². The number of esters is 1. The van der Waals surface area contributed by atoms with Crippen LogP contribution in [0.15, 0.2) is 121 Å². The van der Waals surface area contributed by atoms with E-state index in [0.717, 1.165) is 24.0 Å². The van der Waals surface area contributed by atoms with Crippen molar-refractivity contribution in [3.05, 3.63) is 144 Å². The fourth-order valence-corrected chi connectivity index (χ4v) is 4.34. The lowest BCUT2D eigenvalue weighted by Crippen LogP contribution is -2.31. The number of ether oxygens (including phenoxy) is 1. The Hall–Kier alpha value is -3.65. The van der Waals surface area contributed by atoms with Gasteiger partial charge in [-0.3, -0.25) is 4.79 Å². The van der Waals surface area contributed by atoms with E-state index < -0.39 is 0 Å². The Bertz CT molecular complexity index is 1050. The SMILES string of the molecule is O=C(OCc1ccccc1)[C@@H](Cc1ccccc1)C(Cc1ccccc1)Cc1ccccc1. The fourth-order valence-electron chi connectivity index (χ4n) is 4.34. The third-order valence-corrected chi connectivity index (χ3v) is 6.08. The van der Waals surface area contributed by atoms with Gasteiger partial charge in [0.25, 0.3) is 0 Å². The Morgan fingerprint density at radius 2 is 0.879 bits per heavy atom. The molecule has 0 N–H and O–H groups in total. The molecule has 0 saturated heterocycles. The Labute approximate surface area is 196 Å². The summed E-state index contributed by atoms with van der Waals surface area (Å²) >= 11 is 0. The molecule has 0 aromatic heterocycles. The van der Waals surface area contributed by atoms with Gasteiger partial charge >= 0.3 is 5.97 Å². The van der Waals surface area contributed by atoms with Crippen LogP contribution in [-0.2, 0) is 35.4 Å². The predicted octanol–water partition coefficient (Wildman–Crippen LogP) is 6.69. The molecule has 33 heavy (non-hydrogen) atoms. The number of hydrogen-bond acceptors (Lipinski definition) is 2. The zero-order valence-electron chi connectivity index (χ0n) is 18.8. The van der Waals surface area contributed by atoms with Gasteiger partial charge in [0.15, 0.2) is 0 Å². The van der Waals surface area contributed by atoms with E-state index in [1.54, 1.807) is 0 Å². The van der Waals surface area contributed by atoms with Gasteiger partial charge in [0.1, 0.15) is 6.61 Å². The van der Waals surface area contributed by atoms with Crippen molar-refractivity contribution in [1.82, 2.24) is 0 Å². The lowest BCUT2D eigenvalue weighted by atomic mass is 9.79. The molecule has 2 heteroatoms. The smallest absolute Gasteiger partial charge is 0.309 e. The van der Waals surface area contributed by atoms with Gasteiger partial charge in [-0.15, -0.1) is 0 Å². The van der Waals surface area contributed by atoms with Crippen LogP contribution in [-0.4, -0.2) is 5.97 Å². The van der Waals surface area contributed by atoms with Crippen molar-refractivity contribution in [2.45, 2.75) is 25.9 Å². The third-order valence-electron chi connectivity index (χ3n) is 6.08. The van der Waals surface area contributed by atoms with Crippen LogP contribution in [0.5, 0.6) is 0 Å². The van der Waals surface area contributed by atoms with Crippen molar-refractivity contribution in [2.24, 2.45) is 11.8 Å². The van der Waals surface area contributed by atoms with Gasteiger partial charge in [-0.2, -0.15) is 0 Å². The van der Waals surface area contributed by atoms with E-state index >= 15 is 0 Å². The molecule has 0 unspecified atom stereocenters. The standard InChI is InChI=1S/C31H30O2/c32-31(33-24-28-19-11-4-12-20-28)30(23-27-17-9-3-10-18-27)29(21-25-13-5-1-6-14-25)22-26-15-7-2-8-16-26/h1-20,29-30H,21-24H2/t30-/m0/s1. The molecule has 0 saturated carbocycles. The van der Waals surface area contributed by atoms with Gasteiger partial charge in [-0.05, 0) is 47.4 Å². The van der Waals surface area contributed by atoms with Crippen LogP contribution in [0.4, 0.5) is 0 Å². The van der Waals surface area contributed by atoms with E-state index in [2.05, 4.69) is 60.7 Å². The van der Waals surface area contributed by atoms with Crippen LogP contribution in [0.1, 0.15) is 22.3 Å². The highest BCUT2D eigenvalue weighted by molar-refractivity contribution is 5.73. The van der Waals surface area contributed by atoms with Gasteiger partial charge < -0.3 is 4.74 Å². The minimum absolute atomic E-state index is 0.123. The second-order valence-electron chi connectivity index (χ2n) is 8.53. The Balaban J connectivity index is 1.60. The number of carbonyl (C=O) groups is 1. The molecule has 4 aromatic rings. The molecule has 0 aliphatic heterocycles. The first-order chi connectivity index (χ1) is 16.3. The Morgan fingerprint density at radius 1 is 0.515 bits per heavy atom. The van der Waals surface area contributed by atoms with Crippen molar-refractivity contribution in [3.63, 3.8) is 0 Å². The first-order valence-electron chi connectivity index (χ1n) is 11.6. The Morgan fingerprint density at radius 3 is 1.30 bits per heavy atom. The van der Waals surface area contributed by atoms with Gasteiger partial charge in [-0.25, -0.2) is 0 Å². The maximum Gasteiger partial charge on any atom is 0.309 e. The summed E-state index contributed by atoms with van der Waals surface area (Å²) in [6.45, 7) is 0.300. The zero-order valence-corrected chi connectivity index (χ0v) is 18.8. The molecule has 0 fully saturated rings. The second kappa shape index (κ2) is 11.8. The molecule has 0 amide bonds. The first-order valence-corrected chi connectivity index (χ1v) is 11.6. The van der Waals surface area contributed by atoms with Crippen LogP contribution in [0.2, 0.25) is 0 Å². The van der Waals surface area contributed by atoms with Crippen LogP contribution >= 0.6 is 0 Å². The quantitative estimate of drug-likeness (QED) is 0.260. The molecule has 0 aliphatic rings. The molecular formula is C31H30O2. The normalized spacial score (nSPS) is 11.8. The first kappa shape index (κ1) is 22.5. The maximum atomic E-state index is 13.5. The van der Waals surface area contributed by atoms with E-state index in [0.29, 0.717) is 13.0 Å². The molecule has 0 spiro atoms. The second-order valence-corrected chi connectivity index (χ2v) is 8.53. The van der Waals surface area contributed by atoms with E-state index in [4.69, 9.17) is 4.74 Å². The molecular weight excluding hydrogens is 404 g/mol. The number of benzene rings is 4. The van der Waals surface area contributed by atoms with Crippen molar-refractivity contribution in [3.8, 4) is 0 Å². The zero-order chi connectivity index (χ0) is 22.7. The molecule has 0 aliphatic carbocycles. The van der Waals surface area contributed by atoms with E-state index in [1.807, 2.05) is 60.7 Å². The average Bonchev–Trinajstić information content (AvgIpc) is 2.88. The van der Waals surface area contributed by atoms with Gasteiger partial charge in [0.2, 0.25) is 0 Å². The van der Waals surface area contributed by atoms with Gasteiger partial charge in [0, 0.05) is 0 Å². The van der Waals surface area contributed by atoms with Crippen molar-refractivity contribution in [2.75, 3.05) is 0 Å². The minimum atomic E-state index is -0.239. The van der Waals surface area contributed by atoms with E-state index in [-0.39, 0.29) is 17.8 Å². The average molecular weight is 435 g/mol. The molecule has 0 radical (unpaired) electrons. The lowest BCUT2D eigenvalue weighted by molar-refractivity contribution is -0.152. The highest BCUT2D eigenvalue weighted by Crippen LogP contribution is 2.27. The largest absolute Gasteiger partial charge is 0.461 e. The van der Waals surface area contributed by atoms with Crippen molar-refractivity contribution >= 4 is 5.97 Å². The molecule has 4 rings (SSSR count). The summed E-state index contributed by atoms with van der Waals surface area (Å²) in [5, 5.41) is 0. The molecule has 1 atom stereocenters. The number of rotatable bonds is 10. The summed E-state index contributed by atoms with van der Waals surface area (Å²) < 4.78 is 5.88. The number of carbonyl (C=O) groups excluding carboxylic acids is 1. The Kier molecular flexibility index (Phi) is 8.08. The number of hydrogen-bond donors (Lipinski definition) is 0. The summed E-state index contributed by atoms with van der Waals surface area (Å²) in [5.41, 5.74) is 4.65. The minimum Gasteiger partial charge on any atom is -0.461 e. The summed E-state index contributed by atoms with van der Waals surface area (Å²) in [6, 6.07) is 41.1.